The molecule has 0 bridgehead atoms. The average molecular weight is 196 g/mol. The highest BCUT2D eigenvalue weighted by atomic mass is 79.9. The van der Waals surface area contributed by atoms with Gasteiger partial charge >= 0.3 is 5.97 Å². The van der Waals surface area contributed by atoms with E-state index in [0.717, 1.165) is 0 Å². The van der Waals surface area contributed by atoms with Crippen LogP contribution in [0, 0.1) is 0 Å². The van der Waals surface area contributed by atoms with Crippen LogP contribution in [0.3, 0.4) is 0 Å². The first-order valence-electron chi connectivity index (χ1n) is 2.59. The smallest absolute Gasteiger partial charge is 0.307 e. The quantitative estimate of drug-likeness (QED) is 0.520. The van der Waals surface area contributed by atoms with Gasteiger partial charge in [-0.15, -0.1) is 0 Å². The van der Waals surface area contributed by atoms with Gasteiger partial charge in [0, 0.05) is 11.4 Å². The summed E-state index contributed by atoms with van der Waals surface area (Å²) >= 11 is 3.14. The fraction of sp³-hybridized carbons (Fsp3) is 0.800. The van der Waals surface area contributed by atoms with Gasteiger partial charge in [-0.1, -0.05) is 15.9 Å². The van der Waals surface area contributed by atoms with E-state index in [1.807, 2.05) is 0 Å². The minimum atomic E-state index is -0.262. The van der Waals surface area contributed by atoms with Gasteiger partial charge in [0.05, 0.1) is 13.5 Å². The third kappa shape index (κ3) is 4.42. The standard InChI is InChI=1S/C5H10BrNO2/c1-9-5(8)2-4(7)3-6/h4H,2-3,7H2,1H3. The monoisotopic (exact) mass is 195 g/mol. The van der Waals surface area contributed by atoms with Crippen molar-refractivity contribution in [3.05, 3.63) is 0 Å². The molecule has 2 N–H and O–H groups in total. The molecule has 0 aliphatic rings. The normalized spacial score (nSPS) is 12.8. The van der Waals surface area contributed by atoms with Crippen LogP contribution in [0.4, 0.5) is 0 Å². The fourth-order valence-corrected chi connectivity index (χ4v) is 0.581. The lowest BCUT2D eigenvalue weighted by molar-refractivity contribution is -0.140. The molecule has 0 aromatic carbocycles. The van der Waals surface area contributed by atoms with Crippen LogP contribution >= 0.6 is 15.9 Å². The largest absolute Gasteiger partial charge is 0.469 e. The highest BCUT2D eigenvalue weighted by Gasteiger charge is 2.06. The van der Waals surface area contributed by atoms with Crippen LogP contribution in [0.1, 0.15) is 6.42 Å². The molecule has 0 saturated heterocycles. The van der Waals surface area contributed by atoms with Crippen LogP contribution in [0.15, 0.2) is 0 Å². The van der Waals surface area contributed by atoms with E-state index in [4.69, 9.17) is 5.73 Å². The Morgan fingerprint density at radius 3 is 2.78 bits per heavy atom. The number of methoxy groups -OCH3 is 1. The van der Waals surface area contributed by atoms with Crippen molar-refractivity contribution in [1.29, 1.82) is 0 Å². The number of alkyl halides is 1. The van der Waals surface area contributed by atoms with E-state index in [9.17, 15) is 4.79 Å². The second-order valence-electron chi connectivity index (χ2n) is 1.69. The lowest BCUT2D eigenvalue weighted by Crippen LogP contribution is -2.25. The Bertz CT molecular complexity index is 97.0. The number of carbonyl (C=O) groups is 1. The van der Waals surface area contributed by atoms with Gasteiger partial charge in [0.15, 0.2) is 0 Å². The highest BCUT2D eigenvalue weighted by molar-refractivity contribution is 9.09. The molecule has 0 aromatic rings. The van der Waals surface area contributed by atoms with Gasteiger partial charge in [0.1, 0.15) is 0 Å². The van der Waals surface area contributed by atoms with Crippen molar-refractivity contribution in [3.8, 4) is 0 Å². The number of esters is 1. The number of hydrogen-bond donors (Lipinski definition) is 1. The molecule has 9 heavy (non-hydrogen) atoms. The fourth-order valence-electron chi connectivity index (χ4n) is 0.352. The number of carbonyl (C=O) groups excluding carboxylic acids is 1. The summed E-state index contributed by atoms with van der Waals surface area (Å²) in [6, 6.07) is -0.127. The summed E-state index contributed by atoms with van der Waals surface area (Å²) in [6.45, 7) is 0. The molecule has 1 unspecified atom stereocenters. The zero-order valence-corrected chi connectivity index (χ0v) is 6.85. The Morgan fingerprint density at radius 1 is 1.89 bits per heavy atom. The summed E-state index contributed by atoms with van der Waals surface area (Å²) in [5.41, 5.74) is 5.40. The molecule has 4 heteroatoms. The number of halogens is 1. The van der Waals surface area contributed by atoms with E-state index in [1.54, 1.807) is 0 Å². The van der Waals surface area contributed by atoms with E-state index in [0.29, 0.717) is 5.33 Å². The Balaban J connectivity index is 3.34. The maximum atomic E-state index is 10.5. The molecule has 0 spiro atoms. The third-order valence-corrected chi connectivity index (χ3v) is 1.69. The van der Waals surface area contributed by atoms with Gasteiger partial charge in [0.25, 0.3) is 0 Å². The van der Waals surface area contributed by atoms with Crippen molar-refractivity contribution in [2.75, 3.05) is 12.4 Å². The van der Waals surface area contributed by atoms with Crippen molar-refractivity contribution < 1.29 is 9.53 Å². The van der Waals surface area contributed by atoms with Crippen LogP contribution in [0.2, 0.25) is 0 Å². The lowest BCUT2D eigenvalue weighted by Gasteiger charge is -2.03. The zero-order valence-electron chi connectivity index (χ0n) is 5.26. The molecule has 1 atom stereocenters. The maximum Gasteiger partial charge on any atom is 0.307 e. The molecule has 0 aromatic heterocycles. The van der Waals surface area contributed by atoms with Gasteiger partial charge < -0.3 is 10.5 Å². The van der Waals surface area contributed by atoms with E-state index in [-0.39, 0.29) is 18.4 Å². The lowest BCUT2D eigenvalue weighted by atomic mass is 10.3. The number of hydrogen-bond acceptors (Lipinski definition) is 3. The molecule has 0 saturated carbocycles. The summed E-state index contributed by atoms with van der Waals surface area (Å²) < 4.78 is 4.38. The molecule has 0 aliphatic carbocycles. The Morgan fingerprint density at radius 2 is 2.44 bits per heavy atom. The van der Waals surface area contributed by atoms with Gasteiger partial charge in [-0.3, -0.25) is 4.79 Å². The molecule has 0 rings (SSSR count). The first-order valence-corrected chi connectivity index (χ1v) is 3.71. The summed E-state index contributed by atoms with van der Waals surface area (Å²) in [6.07, 6.45) is 0.280. The Kier molecular flexibility index (Phi) is 4.71. The van der Waals surface area contributed by atoms with Gasteiger partial charge in [-0.05, 0) is 0 Å². The number of rotatable bonds is 3. The molecule has 0 radical (unpaired) electrons. The molecule has 3 nitrogen and oxygen atoms in total. The van der Waals surface area contributed by atoms with Crippen molar-refractivity contribution in [2.45, 2.75) is 12.5 Å². The third-order valence-electron chi connectivity index (χ3n) is 0.855. The van der Waals surface area contributed by atoms with Gasteiger partial charge in [-0.2, -0.15) is 0 Å². The molecule has 0 aliphatic heterocycles. The maximum absolute atomic E-state index is 10.5. The second-order valence-corrected chi connectivity index (χ2v) is 2.34. The van der Waals surface area contributed by atoms with E-state index >= 15 is 0 Å². The predicted molar refractivity (Wildman–Crippen MR) is 38.4 cm³/mol. The van der Waals surface area contributed by atoms with Crippen LogP contribution in [0.25, 0.3) is 0 Å². The van der Waals surface area contributed by atoms with Crippen LogP contribution in [-0.2, 0) is 9.53 Å². The Hall–Kier alpha value is -0.0900. The topological polar surface area (TPSA) is 52.3 Å². The van der Waals surface area contributed by atoms with E-state index in [1.165, 1.54) is 7.11 Å². The van der Waals surface area contributed by atoms with Crippen LogP contribution in [-0.4, -0.2) is 24.5 Å². The zero-order chi connectivity index (χ0) is 7.28. The molecule has 0 heterocycles. The number of nitrogens with two attached hydrogens (primary N) is 1. The molecular weight excluding hydrogens is 186 g/mol. The molecule has 0 fully saturated rings. The summed E-state index contributed by atoms with van der Waals surface area (Å²) in [5, 5.41) is 0.627. The molecular formula is C5H10BrNO2. The molecule has 54 valence electrons. The highest BCUT2D eigenvalue weighted by Crippen LogP contribution is 1.94. The minimum Gasteiger partial charge on any atom is -0.469 e. The van der Waals surface area contributed by atoms with E-state index < -0.39 is 0 Å². The van der Waals surface area contributed by atoms with E-state index in [2.05, 4.69) is 20.7 Å². The average Bonchev–Trinajstić information content (AvgIpc) is 1.87. The SMILES string of the molecule is COC(=O)CC(N)CBr. The first-order chi connectivity index (χ1) is 4.20. The van der Waals surface area contributed by atoms with Crippen LogP contribution < -0.4 is 5.73 Å². The minimum absolute atomic E-state index is 0.127. The van der Waals surface area contributed by atoms with Crippen molar-refractivity contribution in [1.82, 2.24) is 0 Å². The second kappa shape index (κ2) is 4.76. The van der Waals surface area contributed by atoms with Crippen molar-refractivity contribution in [2.24, 2.45) is 5.73 Å². The Labute approximate surface area is 62.7 Å². The first kappa shape index (κ1) is 8.91. The van der Waals surface area contributed by atoms with Crippen molar-refractivity contribution >= 4 is 21.9 Å². The van der Waals surface area contributed by atoms with Crippen molar-refractivity contribution in [3.63, 3.8) is 0 Å². The summed E-state index contributed by atoms with van der Waals surface area (Å²) in [5.74, 6) is -0.262. The van der Waals surface area contributed by atoms with Crippen LogP contribution in [0.5, 0.6) is 0 Å². The number of ether oxygens (including phenoxy) is 1. The van der Waals surface area contributed by atoms with Gasteiger partial charge in [-0.25, -0.2) is 0 Å². The predicted octanol–water partition coefficient (Wildman–Crippen LogP) is 0.272. The summed E-state index contributed by atoms with van der Waals surface area (Å²) in [4.78, 5) is 10.5. The molecule has 0 amide bonds. The summed E-state index contributed by atoms with van der Waals surface area (Å²) in [7, 11) is 1.35. The van der Waals surface area contributed by atoms with Gasteiger partial charge in [0.2, 0.25) is 0 Å².